The molecule has 0 aliphatic heterocycles. The molecule has 1 aromatic rings. The first kappa shape index (κ1) is 9.25. The van der Waals surface area contributed by atoms with Crippen LogP contribution in [0.3, 0.4) is 0 Å². The second-order valence-corrected chi connectivity index (χ2v) is 5.14. The fourth-order valence-corrected chi connectivity index (χ4v) is 2.72. The lowest BCUT2D eigenvalue weighted by atomic mass is 10.2. The van der Waals surface area contributed by atoms with E-state index in [9.17, 15) is 0 Å². The van der Waals surface area contributed by atoms with Crippen molar-refractivity contribution in [2.75, 3.05) is 0 Å². The lowest BCUT2D eigenvalue weighted by Gasteiger charge is -2.00. The molecule has 0 bridgehead atoms. The van der Waals surface area contributed by atoms with Crippen LogP contribution < -0.4 is 0 Å². The van der Waals surface area contributed by atoms with Crippen LogP contribution in [0, 0.1) is 14.1 Å². The molecule has 1 aromatic carbocycles. The standard InChI is InChI=1S/C7H5BrI2/c1-4-2-5(8)7(10)6(9)3-4/h2-3H,1H3. The first-order valence-electron chi connectivity index (χ1n) is 2.72. The Morgan fingerprint density at radius 2 is 1.90 bits per heavy atom. The molecule has 0 aliphatic rings. The number of hydrogen-bond acceptors (Lipinski definition) is 0. The van der Waals surface area contributed by atoms with Crippen LogP contribution >= 0.6 is 61.1 Å². The molecular formula is C7H5BrI2. The van der Waals surface area contributed by atoms with Gasteiger partial charge in [0.15, 0.2) is 0 Å². The van der Waals surface area contributed by atoms with E-state index in [0.29, 0.717) is 0 Å². The Kier molecular flexibility index (Phi) is 3.43. The van der Waals surface area contributed by atoms with Gasteiger partial charge >= 0.3 is 0 Å². The van der Waals surface area contributed by atoms with Gasteiger partial charge in [-0.05, 0) is 85.7 Å². The van der Waals surface area contributed by atoms with Gasteiger partial charge in [0, 0.05) is 11.6 Å². The second-order valence-electron chi connectivity index (χ2n) is 2.04. The summed E-state index contributed by atoms with van der Waals surface area (Å²) < 4.78 is 3.80. The molecule has 0 aromatic heterocycles. The van der Waals surface area contributed by atoms with E-state index < -0.39 is 0 Å². The molecule has 0 amide bonds. The summed E-state index contributed by atoms with van der Waals surface area (Å²) >= 11 is 8.15. The summed E-state index contributed by atoms with van der Waals surface area (Å²) in [6.45, 7) is 2.10. The number of halogens is 3. The minimum atomic E-state index is 1.19. The molecule has 10 heavy (non-hydrogen) atoms. The molecule has 1 rings (SSSR count). The summed E-state index contributed by atoms with van der Waals surface area (Å²) in [6.07, 6.45) is 0. The van der Waals surface area contributed by atoms with Crippen molar-refractivity contribution in [1.82, 2.24) is 0 Å². The summed E-state index contributed by atoms with van der Waals surface area (Å²) in [5, 5.41) is 0. The third-order valence-corrected chi connectivity index (χ3v) is 5.54. The van der Waals surface area contributed by atoms with Crippen LogP contribution in [0.2, 0.25) is 0 Å². The fourth-order valence-electron chi connectivity index (χ4n) is 0.682. The molecule has 0 heterocycles. The molecule has 0 nitrogen and oxygen atoms in total. The van der Waals surface area contributed by atoms with E-state index in [1.807, 2.05) is 0 Å². The Morgan fingerprint density at radius 3 is 2.40 bits per heavy atom. The molecule has 0 unspecified atom stereocenters. The van der Waals surface area contributed by atoms with Crippen molar-refractivity contribution in [2.45, 2.75) is 6.92 Å². The van der Waals surface area contributed by atoms with Gasteiger partial charge in [-0.3, -0.25) is 0 Å². The molecule has 0 aliphatic carbocycles. The minimum Gasteiger partial charge on any atom is -0.0496 e. The topological polar surface area (TPSA) is 0 Å². The second kappa shape index (κ2) is 3.71. The van der Waals surface area contributed by atoms with Gasteiger partial charge in [0.1, 0.15) is 0 Å². The van der Waals surface area contributed by atoms with Crippen LogP contribution in [0.4, 0.5) is 0 Å². The SMILES string of the molecule is Cc1cc(Br)c(I)c(I)c1. The highest BCUT2D eigenvalue weighted by Gasteiger charge is 2.00. The number of rotatable bonds is 0. The molecule has 0 saturated carbocycles. The molecule has 0 radical (unpaired) electrons. The van der Waals surface area contributed by atoms with Gasteiger partial charge in [-0.15, -0.1) is 0 Å². The first-order valence-corrected chi connectivity index (χ1v) is 5.67. The van der Waals surface area contributed by atoms with E-state index in [2.05, 4.69) is 80.2 Å². The summed E-state index contributed by atoms with van der Waals surface area (Å²) in [6, 6.07) is 4.30. The van der Waals surface area contributed by atoms with Crippen molar-refractivity contribution >= 4 is 61.1 Å². The molecule has 0 fully saturated rings. The molecule has 0 atom stereocenters. The third-order valence-electron chi connectivity index (χ3n) is 1.13. The normalized spacial score (nSPS) is 10.0. The van der Waals surface area contributed by atoms with Gasteiger partial charge in [0.25, 0.3) is 0 Å². The lowest BCUT2D eigenvalue weighted by molar-refractivity contribution is 1.40. The first-order chi connectivity index (χ1) is 4.61. The van der Waals surface area contributed by atoms with E-state index in [4.69, 9.17) is 0 Å². The Hall–Kier alpha value is 1.16. The average molecular weight is 423 g/mol. The third kappa shape index (κ3) is 2.07. The maximum atomic E-state index is 3.48. The van der Waals surface area contributed by atoms with Crippen molar-refractivity contribution < 1.29 is 0 Å². The number of benzene rings is 1. The van der Waals surface area contributed by atoms with Crippen molar-refractivity contribution in [1.29, 1.82) is 0 Å². The van der Waals surface area contributed by atoms with Crippen molar-refractivity contribution in [3.63, 3.8) is 0 Å². The van der Waals surface area contributed by atoms with Crippen LogP contribution in [0.5, 0.6) is 0 Å². The molecular weight excluding hydrogens is 418 g/mol. The van der Waals surface area contributed by atoms with E-state index >= 15 is 0 Å². The molecule has 0 saturated heterocycles. The van der Waals surface area contributed by atoms with E-state index in [0.717, 1.165) is 0 Å². The van der Waals surface area contributed by atoms with Crippen LogP contribution in [-0.4, -0.2) is 0 Å². The van der Waals surface area contributed by atoms with Crippen LogP contribution in [-0.2, 0) is 0 Å². The highest BCUT2D eigenvalue weighted by molar-refractivity contribution is 14.1. The Labute approximate surface area is 96.2 Å². The summed E-state index contributed by atoms with van der Waals surface area (Å²) in [4.78, 5) is 0. The average Bonchev–Trinajstić information content (AvgIpc) is 1.82. The zero-order valence-corrected chi connectivity index (χ0v) is 11.2. The molecule has 3 heteroatoms. The number of hydrogen-bond donors (Lipinski definition) is 0. The maximum Gasteiger partial charge on any atom is 0.0406 e. The maximum absolute atomic E-state index is 3.48. The highest BCUT2D eigenvalue weighted by Crippen LogP contribution is 2.25. The Balaban J connectivity index is 3.31. The molecule has 0 spiro atoms. The summed E-state index contributed by atoms with van der Waals surface area (Å²) in [7, 11) is 0. The van der Waals surface area contributed by atoms with Gasteiger partial charge in [-0.1, -0.05) is 0 Å². The minimum absolute atomic E-state index is 1.19. The van der Waals surface area contributed by atoms with Crippen molar-refractivity contribution in [3.8, 4) is 0 Å². The zero-order chi connectivity index (χ0) is 7.72. The predicted molar refractivity (Wildman–Crippen MR) is 64.3 cm³/mol. The van der Waals surface area contributed by atoms with Gasteiger partial charge in [-0.2, -0.15) is 0 Å². The quantitative estimate of drug-likeness (QED) is 0.438. The Bertz CT molecular complexity index is 235. The smallest absolute Gasteiger partial charge is 0.0406 e. The van der Waals surface area contributed by atoms with Gasteiger partial charge in [0.05, 0.1) is 0 Å². The molecule has 54 valence electrons. The molecule has 0 N–H and O–H groups in total. The van der Waals surface area contributed by atoms with E-state index in [1.54, 1.807) is 0 Å². The highest BCUT2D eigenvalue weighted by atomic mass is 127. The fraction of sp³-hybridized carbons (Fsp3) is 0.143. The largest absolute Gasteiger partial charge is 0.0496 e. The van der Waals surface area contributed by atoms with Crippen LogP contribution in [0.1, 0.15) is 5.56 Å². The van der Waals surface area contributed by atoms with E-state index in [-0.39, 0.29) is 0 Å². The predicted octanol–water partition coefficient (Wildman–Crippen LogP) is 3.97. The van der Waals surface area contributed by atoms with Crippen LogP contribution in [0.15, 0.2) is 16.6 Å². The van der Waals surface area contributed by atoms with Gasteiger partial charge in [0.2, 0.25) is 0 Å². The van der Waals surface area contributed by atoms with Crippen LogP contribution in [0.25, 0.3) is 0 Å². The van der Waals surface area contributed by atoms with E-state index in [1.165, 1.54) is 17.2 Å². The van der Waals surface area contributed by atoms with Gasteiger partial charge < -0.3 is 0 Å². The summed E-state index contributed by atoms with van der Waals surface area (Å²) in [5.41, 5.74) is 1.30. The monoisotopic (exact) mass is 422 g/mol. The zero-order valence-electron chi connectivity index (χ0n) is 5.29. The lowest BCUT2D eigenvalue weighted by Crippen LogP contribution is -1.82. The van der Waals surface area contributed by atoms with Gasteiger partial charge in [-0.25, -0.2) is 0 Å². The number of aryl methyl sites for hydroxylation is 1. The Morgan fingerprint density at radius 1 is 1.30 bits per heavy atom. The van der Waals surface area contributed by atoms with Crippen molar-refractivity contribution in [3.05, 3.63) is 29.3 Å². The van der Waals surface area contributed by atoms with Crippen molar-refractivity contribution in [2.24, 2.45) is 0 Å². The summed E-state index contributed by atoms with van der Waals surface area (Å²) in [5.74, 6) is 0.